The molecule has 1 atom stereocenters. The summed E-state index contributed by atoms with van der Waals surface area (Å²) in [7, 11) is 0.780. The Morgan fingerprint density at radius 2 is 1.95 bits per heavy atom. The van der Waals surface area contributed by atoms with Crippen molar-refractivity contribution in [3.63, 3.8) is 0 Å². The summed E-state index contributed by atoms with van der Waals surface area (Å²) in [5, 5.41) is 21.3. The third-order valence-corrected chi connectivity index (χ3v) is 6.59. The van der Waals surface area contributed by atoms with Crippen molar-refractivity contribution in [1.29, 1.82) is 0 Å². The van der Waals surface area contributed by atoms with Crippen molar-refractivity contribution in [2.45, 2.75) is 51.7 Å². The van der Waals surface area contributed by atoms with Gasteiger partial charge in [-0.15, -0.1) is 28.5 Å². The molecule has 0 aliphatic carbocycles. The number of aryl methyl sites for hydroxylation is 1. The van der Waals surface area contributed by atoms with Crippen LogP contribution in [-0.4, -0.2) is 61.8 Å². The van der Waals surface area contributed by atoms with Gasteiger partial charge in [0.05, 0.1) is 31.4 Å². The molecular formula is C25H25BF4N8O3S. The standard InChI is InChI=1S/C25H25BF4N8O3S/c1-26-20-7-3-5-17(32-20)12-31-23(40)19-14-38(37-34-19)13-16(27)8-9-22-35-36-24(42-22)33-21(39)11-15-4-2-6-18(10-15)41-25(28,29)30/h2-7,10,14,16,26H,8-9,11-13H2,1H3,(H,31,40)(H,33,36,39). The first-order valence-electron chi connectivity index (χ1n) is 12.8. The highest BCUT2D eigenvalue weighted by Crippen LogP contribution is 2.24. The van der Waals surface area contributed by atoms with Gasteiger partial charge in [-0.3, -0.25) is 14.6 Å². The molecule has 0 saturated heterocycles. The highest BCUT2D eigenvalue weighted by Gasteiger charge is 2.31. The Balaban J connectivity index is 1.20. The lowest BCUT2D eigenvalue weighted by Crippen LogP contribution is -2.25. The van der Waals surface area contributed by atoms with Crippen LogP contribution in [0.3, 0.4) is 0 Å². The molecule has 4 rings (SSSR count). The Hall–Kier alpha value is -4.41. The number of carbonyl (C=O) groups excluding carboxylic acids is 2. The Morgan fingerprint density at radius 3 is 2.74 bits per heavy atom. The van der Waals surface area contributed by atoms with Crippen LogP contribution in [0.1, 0.15) is 33.2 Å². The summed E-state index contributed by atoms with van der Waals surface area (Å²) in [6, 6.07) is 10.7. The van der Waals surface area contributed by atoms with Crippen molar-refractivity contribution in [3.8, 4) is 5.75 Å². The molecule has 0 bridgehead atoms. The maximum atomic E-state index is 14.6. The minimum absolute atomic E-state index is 0.0537. The van der Waals surface area contributed by atoms with Crippen LogP contribution in [0.4, 0.5) is 22.7 Å². The number of amides is 2. The Labute approximate surface area is 242 Å². The molecule has 0 aliphatic heterocycles. The molecular weight excluding hydrogens is 579 g/mol. The third-order valence-electron chi connectivity index (χ3n) is 5.69. The van der Waals surface area contributed by atoms with E-state index in [1.54, 1.807) is 6.07 Å². The van der Waals surface area contributed by atoms with E-state index in [9.17, 15) is 27.2 Å². The van der Waals surface area contributed by atoms with Crippen LogP contribution < -0.4 is 21.0 Å². The van der Waals surface area contributed by atoms with Gasteiger partial charge in [0, 0.05) is 6.42 Å². The minimum atomic E-state index is -4.84. The quantitative estimate of drug-likeness (QED) is 0.176. The van der Waals surface area contributed by atoms with E-state index >= 15 is 0 Å². The second-order valence-electron chi connectivity index (χ2n) is 9.04. The molecule has 4 aromatic rings. The number of hydrogen-bond donors (Lipinski definition) is 2. The first kappa shape index (κ1) is 30.6. The lowest BCUT2D eigenvalue weighted by Gasteiger charge is -2.09. The topological polar surface area (TPSA) is 137 Å². The average molecular weight is 604 g/mol. The molecule has 220 valence electrons. The van der Waals surface area contributed by atoms with Gasteiger partial charge in [-0.1, -0.05) is 47.6 Å². The third kappa shape index (κ3) is 9.61. The maximum absolute atomic E-state index is 14.6. The number of ether oxygens (including phenoxy) is 1. The Kier molecular flexibility index (Phi) is 10.2. The fourth-order valence-corrected chi connectivity index (χ4v) is 4.53. The van der Waals surface area contributed by atoms with Gasteiger partial charge in [0.25, 0.3) is 5.91 Å². The number of aromatic nitrogens is 6. The molecule has 0 fully saturated rings. The molecule has 1 aromatic carbocycles. The smallest absolute Gasteiger partial charge is 0.406 e. The van der Waals surface area contributed by atoms with E-state index in [0.29, 0.717) is 16.3 Å². The van der Waals surface area contributed by atoms with E-state index in [0.717, 1.165) is 36.3 Å². The Bertz CT molecular complexity index is 1520. The first-order valence-corrected chi connectivity index (χ1v) is 13.6. The number of hydrogen-bond acceptors (Lipinski definition) is 9. The number of anilines is 1. The van der Waals surface area contributed by atoms with Gasteiger partial charge in [0.2, 0.25) is 11.0 Å². The zero-order chi connectivity index (χ0) is 30.1. The summed E-state index contributed by atoms with van der Waals surface area (Å²) in [4.78, 5) is 29.1. The molecule has 3 aromatic heterocycles. The highest BCUT2D eigenvalue weighted by atomic mass is 32.1. The number of pyridine rings is 1. The van der Waals surface area contributed by atoms with Crippen LogP contribution in [0.2, 0.25) is 6.82 Å². The van der Waals surface area contributed by atoms with Gasteiger partial charge in [0.1, 0.15) is 16.9 Å². The van der Waals surface area contributed by atoms with Crippen LogP contribution in [0.5, 0.6) is 5.75 Å². The zero-order valence-corrected chi connectivity index (χ0v) is 23.1. The van der Waals surface area contributed by atoms with E-state index in [2.05, 4.69) is 40.9 Å². The van der Waals surface area contributed by atoms with Crippen molar-refractivity contribution in [2.24, 2.45) is 0 Å². The van der Waals surface area contributed by atoms with Crippen LogP contribution >= 0.6 is 11.3 Å². The van der Waals surface area contributed by atoms with E-state index in [1.807, 2.05) is 19.0 Å². The monoisotopic (exact) mass is 604 g/mol. The van der Waals surface area contributed by atoms with Crippen molar-refractivity contribution < 1.29 is 31.9 Å². The molecule has 2 amide bonds. The van der Waals surface area contributed by atoms with Crippen LogP contribution in [-0.2, 0) is 30.7 Å². The summed E-state index contributed by atoms with van der Waals surface area (Å²) < 4.78 is 57.0. The van der Waals surface area contributed by atoms with Crippen LogP contribution in [0, 0.1) is 0 Å². The van der Waals surface area contributed by atoms with Crippen molar-refractivity contribution in [3.05, 3.63) is 70.6 Å². The van der Waals surface area contributed by atoms with Crippen molar-refractivity contribution >= 4 is 41.2 Å². The molecule has 3 heterocycles. The normalized spacial score (nSPS) is 12.0. The predicted octanol–water partition coefficient (Wildman–Crippen LogP) is 2.62. The second-order valence-corrected chi connectivity index (χ2v) is 10.1. The first-order chi connectivity index (χ1) is 20.1. The van der Waals surface area contributed by atoms with Crippen LogP contribution in [0.15, 0.2) is 48.7 Å². The van der Waals surface area contributed by atoms with E-state index in [4.69, 9.17) is 0 Å². The van der Waals surface area contributed by atoms with Crippen molar-refractivity contribution in [2.75, 3.05) is 5.32 Å². The molecule has 11 nitrogen and oxygen atoms in total. The van der Waals surface area contributed by atoms with E-state index in [1.165, 1.54) is 23.0 Å². The van der Waals surface area contributed by atoms with Gasteiger partial charge in [0.15, 0.2) is 13.0 Å². The fraction of sp³-hybridized carbons (Fsp3) is 0.320. The number of benzene rings is 1. The molecule has 0 radical (unpaired) electrons. The van der Waals surface area contributed by atoms with E-state index < -0.39 is 30.1 Å². The molecule has 0 spiro atoms. The maximum Gasteiger partial charge on any atom is 0.573 e. The number of nitrogens with zero attached hydrogens (tertiary/aromatic N) is 6. The van der Waals surface area contributed by atoms with E-state index in [-0.39, 0.29) is 43.2 Å². The minimum Gasteiger partial charge on any atom is -0.406 e. The number of rotatable bonds is 13. The summed E-state index contributed by atoms with van der Waals surface area (Å²) in [6.45, 7) is 2.09. The van der Waals surface area contributed by atoms with Crippen LogP contribution in [0.25, 0.3) is 0 Å². The Morgan fingerprint density at radius 1 is 1.14 bits per heavy atom. The molecule has 0 saturated carbocycles. The predicted molar refractivity (Wildman–Crippen MR) is 147 cm³/mol. The summed E-state index contributed by atoms with van der Waals surface area (Å²) in [6.07, 6.45) is -4.69. The van der Waals surface area contributed by atoms with Gasteiger partial charge >= 0.3 is 6.36 Å². The number of alkyl halides is 4. The van der Waals surface area contributed by atoms with Gasteiger partial charge in [-0.2, -0.15) is 0 Å². The number of carbonyl (C=O) groups is 2. The summed E-state index contributed by atoms with van der Waals surface area (Å²) >= 11 is 1.06. The molecule has 2 N–H and O–H groups in total. The lowest BCUT2D eigenvalue weighted by atomic mass is 9.77. The van der Waals surface area contributed by atoms with Gasteiger partial charge < -0.3 is 15.4 Å². The van der Waals surface area contributed by atoms with Gasteiger partial charge in [-0.25, -0.2) is 9.07 Å². The summed E-state index contributed by atoms with van der Waals surface area (Å²) in [5.41, 5.74) is 1.99. The highest BCUT2D eigenvalue weighted by molar-refractivity contribution is 7.15. The SMILES string of the molecule is CBc1cccc(CNC(=O)c2cn(CC(F)CCc3nnc(NC(=O)Cc4cccc(OC(F)(F)F)c4)s3)nn2)n1. The molecule has 17 heteroatoms. The van der Waals surface area contributed by atoms with Crippen molar-refractivity contribution in [1.82, 2.24) is 35.5 Å². The summed E-state index contributed by atoms with van der Waals surface area (Å²) in [5.74, 6) is -1.39. The molecule has 42 heavy (non-hydrogen) atoms. The lowest BCUT2D eigenvalue weighted by molar-refractivity contribution is -0.274. The fourth-order valence-electron chi connectivity index (χ4n) is 3.76. The molecule has 0 aliphatic rings. The number of halogens is 4. The number of nitrogens with one attached hydrogen (secondary N) is 2. The largest absolute Gasteiger partial charge is 0.573 e. The van der Waals surface area contributed by atoms with Gasteiger partial charge in [-0.05, 0) is 35.8 Å². The second kappa shape index (κ2) is 14.0. The molecule has 1 unspecified atom stereocenters. The zero-order valence-electron chi connectivity index (χ0n) is 22.3. The average Bonchev–Trinajstić information content (AvgIpc) is 3.59.